The third kappa shape index (κ3) is 6.03. The first kappa shape index (κ1) is 17.3. The Morgan fingerprint density at radius 3 is 2.81 bits per heavy atom. The second-order valence-electron chi connectivity index (χ2n) is 5.07. The molecule has 0 saturated carbocycles. The van der Waals surface area contributed by atoms with Gasteiger partial charge in [0.15, 0.2) is 0 Å². The van der Waals surface area contributed by atoms with E-state index in [4.69, 9.17) is 22.6 Å². The molecule has 5 nitrogen and oxygen atoms in total. The molecule has 1 rings (SSSR count). The van der Waals surface area contributed by atoms with Gasteiger partial charge in [-0.3, -0.25) is 9.69 Å². The van der Waals surface area contributed by atoms with Gasteiger partial charge in [0.05, 0.1) is 17.4 Å². The number of hydrogen-bond donors (Lipinski definition) is 2. The van der Waals surface area contributed by atoms with Crippen LogP contribution in [0.4, 0.5) is 11.4 Å². The van der Waals surface area contributed by atoms with Gasteiger partial charge in [0.25, 0.3) is 0 Å². The average molecular weight is 309 g/mol. The van der Waals surface area contributed by atoms with E-state index in [-0.39, 0.29) is 5.91 Å². The molecule has 1 aromatic carbocycles. The molecule has 0 heterocycles. The zero-order chi connectivity index (χ0) is 15.8. The maximum absolute atomic E-state index is 12.0. The third-order valence-electron chi connectivity index (χ3n) is 3.16. The van der Waals surface area contributed by atoms with Crippen LogP contribution < -0.4 is 11.1 Å². The molecule has 1 amide bonds. The van der Waals surface area contributed by atoms with Crippen molar-refractivity contribution in [2.24, 2.45) is 0 Å². The lowest BCUT2D eigenvalue weighted by atomic mass is 10.2. The molecule has 3 N–H and O–H groups in total. The monoisotopic (exact) mass is 308 g/mol. The summed E-state index contributed by atoms with van der Waals surface area (Å²) < 4.78 is 0. The summed E-state index contributed by atoms with van der Waals surface area (Å²) in [6.07, 6.45) is 0.802. The molecular weight excluding hydrogens is 288 g/mol. The molecule has 0 fully saturated rings. The SMILES string of the molecule is CC(C)N(CCC#N)CCC(=O)Nc1cc(Cl)ccc1N. The number of nitrogens with one attached hydrogen (secondary N) is 1. The van der Waals surface area contributed by atoms with Crippen molar-refractivity contribution in [2.75, 3.05) is 24.1 Å². The minimum Gasteiger partial charge on any atom is -0.397 e. The van der Waals surface area contributed by atoms with E-state index in [0.717, 1.165) is 0 Å². The van der Waals surface area contributed by atoms with Crippen LogP contribution in [0.15, 0.2) is 18.2 Å². The highest BCUT2D eigenvalue weighted by Gasteiger charge is 2.12. The fourth-order valence-electron chi connectivity index (χ4n) is 1.92. The van der Waals surface area contributed by atoms with Gasteiger partial charge in [-0.2, -0.15) is 5.26 Å². The maximum atomic E-state index is 12.0. The van der Waals surface area contributed by atoms with Crippen LogP contribution in [0.2, 0.25) is 5.02 Å². The lowest BCUT2D eigenvalue weighted by Gasteiger charge is -2.25. The molecule has 1 aromatic rings. The zero-order valence-corrected chi connectivity index (χ0v) is 13.2. The molecule has 114 valence electrons. The smallest absolute Gasteiger partial charge is 0.225 e. The minimum atomic E-state index is -0.119. The number of halogens is 1. The molecule has 0 aromatic heterocycles. The van der Waals surface area contributed by atoms with Crippen molar-refractivity contribution < 1.29 is 4.79 Å². The Hall–Kier alpha value is -1.77. The quantitative estimate of drug-likeness (QED) is 0.759. The van der Waals surface area contributed by atoms with E-state index in [1.165, 1.54) is 0 Å². The molecule has 0 bridgehead atoms. The number of carbonyl (C=O) groups is 1. The first-order chi connectivity index (χ1) is 9.93. The molecule has 0 aliphatic rings. The first-order valence-corrected chi connectivity index (χ1v) is 7.27. The number of rotatable bonds is 7. The topological polar surface area (TPSA) is 82.2 Å². The van der Waals surface area contributed by atoms with Gasteiger partial charge in [0.2, 0.25) is 5.91 Å². The fourth-order valence-corrected chi connectivity index (χ4v) is 2.09. The van der Waals surface area contributed by atoms with Crippen molar-refractivity contribution in [3.8, 4) is 6.07 Å². The molecule has 6 heteroatoms. The number of nitrogens with zero attached hydrogens (tertiary/aromatic N) is 2. The Bertz CT molecular complexity index is 525. The summed E-state index contributed by atoms with van der Waals surface area (Å²) in [5.41, 5.74) is 6.80. The summed E-state index contributed by atoms with van der Waals surface area (Å²) in [5.74, 6) is -0.119. The van der Waals surface area contributed by atoms with Gasteiger partial charge >= 0.3 is 0 Å². The molecule has 0 radical (unpaired) electrons. The van der Waals surface area contributed by atoms with E-state index in [2.05, 4.69) is 16.3 Å². The van der Waals surface area contributed by atoms with Crippen LogP contribution in [0.1, 0.15) is 26.7 Å². The summed E-state index contributed by atoms with van der Waals surface area (Å²) in [7, 11) is 0. The molecular formula is C15H21ClN4O. The highest BCUT2D eigenvalue weighted by Crippen LogP contribution is 2.23. The van der Waals surface area contributed by atoms with Gasteiger partial charge in [-0.1, -0.05) is 11.6 Å². The molecule has 0 saturated heterocycles. The zero-order valence-electron chi connectivity index (χ0n) is 12.4. The van der Waals surface area contributed by atoms with E-state index in [0.29, 0.717) is 48.4 Å². The van der Waals surface area contributed by atoms with Crippen molar-refractivity contribution >= 4 is 28.9 Å². The number of nitrogen functional groups attached to an aromatic ring is 1. The lowest BCUT2D eigenvalue weighted by molar-refractivity contribution is -0.116. The van der Waals surface area contributed by atoms with Crippen molar-refractivity contribution in [2.45, 2.75) is 32.7 Å². The number of amides is 1. The highest BCUT2D eigenvalue weighted by atomic mass is 35.5. The number of carbonyl (C=O) groups excluding carboxylic acids is 1. The maximum Gasteiger partial charge on any atom is 0.225 e. The van der Waals surface area contributed by atoms with Crippen LogP contribution in [-0.4, -0.2) is 29.9 Å². The van der Waals surface area contributed by atoms with Gasteiger partial charge in [-0.25, -0.2) is 0 Å². The Morgan fingerprint density at radius 1 is 1.48 bits per heavy atom. The Balaban J connectivity index is 2.53. The average Bonchev–Trinajstić information content (AvgIpc) is 2.42. The Morgan fingerprint density at radius 2 is 2.19 bits per heavy atom. The van der Waals surface area contributed by atoms with Gasteiger partial charge in [0, 0.05) is 37.0 Å². The molecule has 0 aliphatic carbocycles. The second-order valence-corrected chi connectivity index (χ2v) is 5.50. The summed E-state index contributed by atoms with van der Waals surface area (Å²) in [5, 5.41) is 11.9. The first-order valence-electron chi connectivity index (χ1n) is 6.90. The van der Waals surface area contributed by atoms with Crippen molar-refractivity contribution in [3.63, 3.8) is 0 Å². The highest BCUT2D eigenvalue weighted by molar-refractivity contribution is 6.31. The van der Waals surface area contributed by atoms with Gasteiger partial charge in [-0.15, -0.1) is 0 Å². The molecule has 0 atom stereocenters. The molecule has 0 spiro atoms. The van der Waals surface area contributed by atoms with Crippen LogP contribution in [-0.2, 0) is 4.79 Å². The minimum absolute atomic E-state index is 0.119. The number of benzene rings is 1. The Kier molecular flexibility index (Phi) is 7.00. The summed E-state index contributed by atoms with van der Waals surface area (Å²) >= 11 is 5.88. The van der Waals surface area contributed by atoms with E-state index in [1.54, 1.807) is 18.2 Å². The number of nitriles is 1. The van der Waals surface area contributed by atoms with Gasteiger partial charge < -0.3 is 11.1 Å². The standard InChI is InChI=1S/C15H21ClN4O/c1-11(2)20(8-3-7-17)9-6-15(21)19-14-10-12(16)4-5-13(14)18/h4-5,10-11H,3,6,8-9,18H2,1-2H3,(H,19,21). The van der Waals surface area contributed by atoms with Crippen LogP contribution in [0.25, 0.3) is 0 Å². The van der Waals surface area contributed by atoms with Gasteiger partial charge in [0.1, 0.15) is 0 Å². The summed E-state index contributed by atoms with van der Waals surface area (Å²) in [4.78, 5) is 14.1. The largest absolute Gasteiger partial charge is 0.397 e. The third-order valence-corrected chi connectivity index (χ3v) is 3.39. The van der Waals surface area contributed by atoms with Crippen LogP contribution in [0.5, 0.6) is 0 Å². The van der Waals surface area contributed by atoms with Crippen LogP contribution >= 0.6 is 11.6 Å². The van der Waals surface area contributed by atoms with Crippen molar-refractivity contribution in [1.82, 2.24) is 4.90 Å². The predicted molar refractivity (Wildman–Crippen MR) is 86.1 cm³/mol. The molecule has 0 aliphatic heterocycles. The van der Waals surface area contributed by atoms with E-state index in [1.807, 2.05) is 13.8 Å². The Labute approximate surface area is 130 Å². The normalized spacial score (nSPS) is 10.7. The lowest BCUT2D eigenvalue weighted by Crippen LogP contribution is -2.34. The predicted octanol–water partition coefficient (Wildman–Crippen LogP) is 2.87. The van der Waals surface area contributed by atoms with E-state index < -0.39 is 0 Å². The number of hydrogen-bond acceptors (Lipinski definition) is 4. The van der Waals surface area contributed by atoms with Crippen molar-refractivity contribution in [3.05, 3.63) is 23.2 Å². The van der Waals surface area contributed by atoms with Crippen LogP contribution in [0.3, 0.4) is 0 Å². The molecule has 21 heavy (non-hydrogen) atoms. The summed E-state index contributed by atoms with van der Waals surface area (Å²) in [6, 6.07) is 7.38. The number of anilines is 2. The van der Waals surface area contributed by atoms with Crippen LogP contribution in [0, 0.1) is 11.3 Å². The summed E-state index contributed by atoms with van der Waals surface area (Å²) in [6.45, 7) is 5.36. The van der Waals surface area contributed by atoms with Gasteiger partial charge in [-0.05, 0) is 32.0 Å². The molecule has 0 unspecified atom stereocenters. The van der Waals surface area contributed by atoms with E-state index >= 15 is 0 Å². The fraction of sp³-hybridized carbons (Fsp3) is 0.467. The van der Waals surface area contributed by atoms with Crippen molar-refractivity contribution in [1.29, 1.82) is 5.26 Å². The van der Waals surface area contributed by atoms with E-state index in [9.17, 15) is 4.79 Å². The number of nitrogens with two attached hydrogens (primary N) is 1. The second kappa shape index (κ2) is 8.50.